The van der Waals surface area contributed by atoms with Gasteiger partial charge in [-0.1, -0.05) is 13.8 Å². The van der Waals surface area contributed by atoms with Gasteiger partial charge in [-0.05, 0) is 31.9 Å². The number of ether oxygens (including phenoxy) is 2. The molecule has 0 radical (unpaired) electrons. The molecular weight excluding hydrogens is 347 g/mol. The molecule has 0 aliphatic heterocycles. The van der Waals surface area contributed by atoms with Gasteiger partial charge in [-0.2, -0.15) is 0 Å². The smallest absolute Gasteiger partial charge is 0.496 e. The molecular formula is C18H22F3N3O2. The van der Waals surface area contributed by atoms with Crippen molar-refractivity contribution in [2.75, 3.05) is 12.4 Å². The number of nitrogens with zero attached hydrogens (tertiary/aromatic N) is 2. The Morgan fingerprint density at radius 2 is 1.88 bits per heavy atom. The van der Waals surface area contributed by atoms with E-state index in [1.54, 1.807) is 13.1 Å². The zero-order valence-electron chi connectivity index (χ0n) is 15.1. The molecule has 142 valence electrons. The van der Waals surface area contributed by atoms with Gasteiger partial charge in [0.1, 0.15) is 17.3 Å². The van der Waals surface area contributed by atoms with Gasteiger partial charge < -0.3 is 14.8 Å². The Labute approximate surface area is 150 Å². The highest BCUT2D eigenvalue weighted by atomic mass is 19.4. The number of halogens is 3. The molecule has 0 unspecified atom stereocenters. The quantitative estimate of drug-likeness (QED) is 0.748. The zero-order chi connectivity index (χ0) is 19.3. The maximum atomic E-state index is 12.4. The minimum atomic E-state index is -4.76. The maximum Gasteiger partial charge on any atom is 0.573 e. The second-order valence-corrected chi connectivity index (χ2v) is 5.76. The highest BCUT2D eigenvalue weighted by Gasteiger charge is 2.31. The number of nitrogens with one attached hydrogen (secondary N) is 1. The van der Waals surface area contributed by atoms with Crippen LogP contribution in [-0.4, -0.2) is 29.5 Å². The summed E-state index contributed by atoms with van der Waals surface area (Å²) in [4.78, 5) is 8.92. The Morgan fingerprint density at radius 1 is 1.19 bits per heavy atom. The lowest BCUT2D eigenvalue weighted by Crippen LogP contribution is -2.18. The number of rotatable bonds is 7. The van der Waals surface area contributed by atoms with E-state index in [-0.39, 0.29) is 11.5 Å². The minimum Gasteiger partial charge on any atom is -0.496 e. The lowest BCUT2D eigenvalue weighted by Gasteiger charge is -2.17. The first kappa shape index (κ1) is 19.8. The first-order chi connectivity index (χ1) is 12.3. The molecule has 1 heterocycles. The van der Waals surface area contributed by atoms with Crippen molar-refractivity contribution < 1.29 is 22.6 Å². The fourth-order valence-corrected chi connectivity index (χ4v) is 2.58. The van der Waals surface area contributed by atoms with Crippen molar-refractivity contribution in [1.29, 1.82) is 0 Å². The van der Waals surface area contributed by atoms with Crippen LogP contribution in [0.15, 0.2) is 24.4 Å². The molecule has 1 N–H and O–H groups in total. The minimum absolute atomic E-state index is 0.227. The predicted octanol–water partition coefficient (Wildman–Crippen LogP) is 4.96. The van der Waals surface area contributed by atoms with Crippen molar-refractivity contribution >= 4 is 5.82 Å². The molecule has 5 nitrogen and oxygen atoms in total. The number of anilines is 1. The Morgan fingerprint density at radius 3 is 2.42 bits per heavy atom. The summed E-state index contributed by atoms with van der Waals surface area (Å²) in [5.41, 5.74) is 1.72. The molecule has 0 saturated heterocycles. The van der Waals surface area contributed by atoms with Crippen molar-refractivity contribution in [3.8, 4) is 22.8 Å². The summed E-state index contributed by atoms with van der Waals surface area (Å²) in [6, 6.07) is 4.19. The molecule has 26 heavy (non-hydrogen) atoms. The van der Waals surface area contributed by atoms with Gasteiger partial charge in [0.15, 0.2) is 0 Å². The monoisotopic (exact) mass is 369 g/mol. The van der Waals surface area contributed by atoms with Crippen LogP contribution < -0.4 is 14.8 Å². The van der Waals surface area contributed by atoms with Crippen LogP contribution in [-0.2, 0) is 0 Å². The first-order valence-electron chi connectivity index (χ1n) is 8.31. The van der Waals surface area contributed by atoms with Crippen LogP contribution in [0.1, 0.15) is 32.4 Å². The van der Waals surface area contributed by atoms with Gasteiger partial charge in [0.05, 0.1) is 24.7 Å². The number of aromatic nitrogens is 2. The number of benzene rings is 1. The largest absolute Gasteiger partial charge is 0.573 e. The zero-order valence-corrected chi connectivity index (χ0v) is 15.1. The summed E-state index contributed by atoms with van der Waals surface area (Å²) >= 11 is 0. The lowest BCUT2D eigenvalue weighted by atomic mass is 10.1. The number of hydrogen-bond acceptors (Lipinski definition) is 5. The molecule has 8 heteroatoms. The van der Waals surface area contributed by atoms with Gasteiger partial charge in [-0.25, -0.2) is 4.98 Å². The number of alkyl halides is 3. The van der Waals surface area contributed by atoms with Crippen LogP contribution >= 0.6 is 0 Å². The summed E-state index contributed by atoms with van der Waals surface area (Å²) in [5.74, 6) is 0.538. The van der Waals surface area contributed by atoms with Crippen LogP contribution in [0.25, 0.3) is 11.3 Å². The summed E-state index contributed by atoms with van der Waals surface area (Å²) in [6.07, 6.45) is -1.22. The van der Waals surface area contributed by atoms with E-state index in [0.29, 0.717) is 28.8 Å². The fraction of sp³-hybridized carbons (Fsp3) is 0.444. The van der Waals surface area contributed by atoms with Crippen molar-refractivity contribution in [1.82, 2.24) is 9.97 Å². The Hall–Kier alpha value is -2.51. The van der Waals surface area contributed by atoms with E-state index >= 15 is 0 Å². The predicted molar refractivity (Wildman–Crippen MR) is 93.4 cm³/mol. The SMILES string of the molecule is CCC(CC)Nc1cnc(-c2ccc(OC(F)(F)F)cc2OC)c(C)n1. The Bertz CT molecular complexity index is 747. The fourth-order valence-electron chi connectivity index (χ4n) is 2.58. The van der Waals surface area contributed by atoms with Crippen molar-refractivity contribution in [2.24, 2.45) is 0 Å². The molecule has 0 fully saturated rings. The van der Waals surface area contributed by atoms with E-state index in [0.717, 1.165) is 12.8 Å². The van der Waals surface area contributed by atoms with Crippen molar-refractivity contribution in [3.05, 3.63) is 30.1 Å². The van der Waals surface area contributed by atoms with Crippen LogP contribution in [0.4, 0.5) is 19.0 Å². The Kier molecular flexibility index (Phi) is 6.28. The molecule has 1 aromatic heterocycles. The van der Waals surface area contributed by atoms with Crippen molar-refractivity contribution in [3.63, 3.8) is 0 Å². The van der Waals surface area contributed by atoms with Gasteiger partial charge in [-0.15, -0.1) is 13.2 Å². The van der Waals surface area contributed by atoms with Crippen LogP contribution in [0, 0.1) is 6.92 Å². The number of methoxy groups -OCH3 is 1. The molecule has 0 amide bonds. The molecule has 2 aromatic rings. The number of aryl methyl sites for hydroxylation is 1. The van der Waals surface area contributed by atoms with Gasteiger partial charge >= 0.3 is 6.36 Å². The van der Waals surface area contributed by atoms with E-state index in [9.17, 15) is 13.2 Å². The van der Waals surface area contributed by atoms with E-state index in [1.165, 1.54) is 25.3 Å². The van der Waals surface area contributed by atoms with E-state index < -0.39 is 6.36 Å². The van der Waals surface area contributed by atoms with Gasteiger partial charge in [-0.3, -0.25) is 4.98 Å². The molecule has 1 aromatic carbocycles. The normalized spacial score (nSPS) is 11.5. The Balaban J connectivity index is 2.32. The van der Waals surface area contributed by atoms with E-state index in [1.807, 2.05) is 0 Å². The van der Waals surface area contributed by atoms with Gasteiger partial charge in [0.25, 0.3) is 0 Å². The molecule has 0 aliphatic rings. The standard InChI is InChI=1S/C18H22F3N3O2/c1-5-12(6-2)24-16-10-22-17(11(3)23-16)14-8-7-13(9-15(14)25-4)26-18(19,20)21/h7-10,12H,5-6H2,1-4H3,(H,23,24). The molecule has 2 rings (SSSR count). The average molecular weight is 369 g/mol. The summed E-state index contributed by atoms with van der Waals surface area (Å²) in [6.45, 7) is 5.97. The molecule has 0 atom stereocenters. The molecule has 0 bridgehead atoms. The highest BCUT2D eigenvalue weighted by molar-refractivity contribution is 5.70. The summed E-state index contributed by atoms with van der Waals surface area (Å²) in [7, 11) is 1.38. The summed E-state index contributed by atoms with van der Waals surface area (Å²) < 4.78 is 46.3. The van der Waals surface area contributed by atoms with Crippen LogP contribution in [0.3, 0.4) is 0 Å². The van der Waals surface area contributed by atoms with Crippen LogP contribution in [0.2, 0.25) is 0 Å². The van der Waals surface area contributed by atoms with Crippen LogP contribution in [0.5, 0.6) is 11.5 Å². The summed E-state index contributed by atoms with van der Waals surface area (Å²) in [5, 5.41) is 3.31. The van der Waals surface area contributed by atoms with Gasteiger partial charge in [0, 0.05) is 17.7 Å². The second-order valence-electron chi connectivity index (χ2n) is 5.76. The van der Waals surface area contributed by atoms with E-state index in [2.05, 4.69) is 33.9 Å². The third-order valence-corrected chi connectivity index (χ3v) is 3.95. The number of hydrogen-bond donors (Lipinski definition) is 1. The second kappa shape index (κ2) is 8.25. The van der Waals surface area contributed by atoms with Gasteiger partial charge in [0.2, 0.25) is 0 Å². The molecule has 0 saturated carbocycles. The molecule has 0 spiro atoms. The molecule has 0 aliphatic carbocycles. The third-order valence-electron chi connectivity index (χ3n) is 3.95. The maximum absolute atomic E-state index is 12.4. The lowest BCUT2D eigenvalue weighted by molar-refractivity contribution is -0.274. The van der Waals surface area contributed by atoms with E-state index in [4.69, 9.17) is 4.74 Å². The van der Waals surface area contributed by atoms with Crippen molar-refractivity contribution in [2.45, 2.75) is 46.0 Å². The highest BCUT2D eigenvalue weighted by Crippen LogP contribution is 2.35. The first-order valence-corrected chi connectivity index (χ1v) is 8.31. The topological polar surface area (TPSA) is 56.3 Å². The average Bonchev–Trinajstić information content (AvgIpc) is 2.58. The third kappa shape index (κ3) is 5.00.